The van der Waals surface area contributed by atoms with Gasteiger partial charge in [-0.05, 0) is 43.9 Å². The minimum absolute atomic E-state index is 0.0439. The van der Waals surface area contributed by atoms with Gasteiger partial charge in [0, 0.05) is 17.8 Å². The quantitative estimate of drug-likeness (QED) is 0.884. The molecular weight excluding hydrogens is 245 g/mol. The van der Waals surface area contributed by atoms with Gasteiger partial charge in [0.25, 0.3) is 0 Å². The van der Waals surface area contributed by atoms with E-state index in [1.54, 1.807) is 19.9 Å². The van der Waals surface area contributed by atoms with Gasteiger partial charge in [-0.25, -0.2) is 4.39 Å². The molecule has 2 rings (SSSR count). The number of anilines is 1. The fourth-order valence-corrected chi connectivity index (χ4v) is 2.85. The molecule has 2 N–H and O–H groups in total. The summed E-state index contributed by atoms with van der Waals surface area (Å²) in [5.41, 5.74) is 2.00. The predicted octanol–water partition coefficient (Wildman–Crippen LogP) is 2.39. The maximum absolute atomic E-state index is 13.7. The smallest absolute Gasteiger partial charge is 0.126 e. The highest BCUT2D eigenvalue weighted by Gasteiger charge is 2.32. The van der Waals surface area contributed by atoms with E-state index in [1.807, 2.05) is 0 Å². The highest BCUT2D eigenvalue weighted by Crippen LogP contribution is 2.35. The molecule has 4 heteroatoms. The van der Waals surface area contributed by atoms with Crippen LogP contribution in [0.15, 0.2) is 12.1 Å². The zero-order valence-electron chi connectivity index (χ0n) is 11.7. The Morgan fingerprint density at radius 1 is 1.47 bits per heavy atom. The van der Waals surface area contributed by atoms with Crippen molar-refractivity contribution >= 4 is 5.69 Å². The summed E-state index contributed by atoms with van der Waals surface area (Å²) in [6, 6.07) is 3.23. The van der Waals surface area contributed by atoms with Gasteiger partial charge in [0.1, 0.15) is 5.82 Å². The Hall–Kier alpha value is -1.13. The zero-order valence-corrected chi connectivity index (χ0v) is 11.7. The average molecular weight is 267 g/mol. The van der Waals surface area contributed by atoms with E-state index in [2.05, 4.69) is 11.8 Å². The summed E-state index contributed by atoms with van der Waals surface area (Å²) in [5, 5.41) is 19.4. The highest BCUT2D eigenvalue weighted by atomic mass is 19.1. The van der Waals surface area contributed by atoms with E-state index in [1.165, 1.54) is 6.07 Å². The number of aliphatic hydroxyl groups excluding tert-OH is 2. The standard InChI is InChI=1S/C15H22FNO2/c1-9-4-5-17(15(9)8-18)14-6-10(2)13(16)7-12(14)11(3)19/h6-7,9,11,15,18-19H,4-5,8H2,1-3H3/t9?,11-,15?/m0/s1. The molecular formula is C15H22FNO2. The molecule has 19 heavy (non-hydrogen) atoms. The van der Waals surface area contributed by atoms with Gasteiger partial charge in [-0.15, -0.1) is 0 Å². The van der Waals surface area contributed by atoms with Gasteiger partial charge < -0.3 is 15.1 Å². The van der Waals surface area contributed by atoms with Crippen molar-refractivity contribution in [2.45, 2.75) is 39.3 Å². The van der Waals surface area contributed by atoms with Crippen molar-refractivity contribution in [2.24, 2.45) is 5.92 Å². The number of nitrogens with zero attached hydrogens (tertiary/aromatic N) is 1. The van der Waals surface area contributed by atoms with E-state index in [0.717, 1.165) is 18.7 Å². The van der Waals surface area contributed by atoms with Crippen LogP contribution in [0, 0.1) is 18.7 Å². The van der Waals surface area contributed by atoms with Crippen LogP contribution in [0.1, 0.15) is 37.5 Å². The van der Waals surface area contributed by atoms with Crippen molar-refractivity contribution in [2.75, 3.05) is 18.1 Å². The lowest BCUT2D eigenvalue weighted by atomic mass is 10.0. The number of aliphatic hydroxyl groups is 2. The first-order chi connectivity index (χ1) is 8.95. The second-order valence-electron chi connectivity index (χ2n) is 5.55. The van der Waals surface area contributed by atoms with Crippen molar-refractivity contribution in [3.05, 3.63) is 29.1 Å². The molecule has 0 radical (unpaired) electrons. The Morgan fingerprint density at radius 3 is 2.74 bits per heavy atom. The van der Waals surface area contributed by atoms with Crippen LogP contribution in [0.3, 0.4) is 0 Å². The number of hydrogen-bond acceptors (Lipinski definition) is 3. The Morgan fingerprint density at radius 2 is 2.16 bits per heavy atom. The normalized spacial score (nSPS) is 24.8. The van der Waals surface area contributed by atoms with Crippen LogP contribution in [0.4, 0.5) is 10.1 Å². The molecule has 0 spiro atoms. The Labute approximate surface area is 113 Å². The van der Waals surface area contributed by atoms with E-state index >= 15 is 0 Å². The van der Waals surface area contributed by atoms with Gasteiger partial charge in [-0.2, -0.15) is 0 Å². The number of halogens is 1. The Kier molecular flexibility index (Phi) is 4.11. The van der Waals surface area contributed by atoms with Crippen LogP contribution in [-0.4, -0.2) is 29.4 Å². The number of benzene rings is 1. The van der Waals surface area contributed by atoms with Crippen molar-refractivity contribution in [1.29, 1.82) is 0 Å². The number of aryl methyl sites for hydroxylation is 1. The van der Waals surface area contributed by atoms with Gasteiger partial charge >= 0.3 is 0 Å². The van der Waals surface area contributed by atoms with Gasteiger partial charge in [-0.1, -0.05) is 6.92 Å². The van der Waals surface area contributed by atoms with Gasteiger partial charge in [-0.3, -0.25) is 0 Å². The van der Waals surface area contributed by atoms with E-state index in [4.69, 9.17) is 0 Å². The van der Waals surface area contributed by atoms with Crippen molar-refractivity contribution in [1.82, 2.24) is 0 Å². The zero-order chi connectivity index (χ0) is 14.2. The molecule has 1 heterocycles. The molecule has 1 fully saturated rings. The molecule has 0 saturated carbocycles. The van der Waals surface area contributed by atoms with E-state index in [-0.39, 0.29) is 18.5 Å². The topological polar surface area (TPSA) is 43.7 Å². The molecule has 1 aliphatic heterocycles. The fourth-order valence-electron chi connectivity index (χ4n) is 2.85. The van der Waals surface area contributed by atoms with Crippen LogP contribution >= 0.6 is 0 Å². The third-order valence-electron chi connectivity index (χ3n) is 4.14. The first-order valence-electron chi connectivity index (χ1n) is 6.81. The van der Waals surface area contributed by atoms with Crippen LogP contribution in [0.25, 0.3) is 0 Å². The molecule has 1 aliphatic rings. The Balaban J connectivity index is 2.46. The van der Waals surface area contributed by atoms with Crippen molar-refractivity contribution in [3.8, 4) is 0 Å². The molecule has 106 valence electrons. The van der Waals surface area contributed by atoms with E-state index < -0.39 is 6.10 Å². The van der Waals surface area contributed by atoms with Gasteiger partial charge in [0.2, 0.25) is 0 Å². The molecule has 1 aromatic rings. The van der Waals surface area contributed by atoms with Gasteiger partial charge in [0.05, 0.1) is 18.8 Å². The summed E-state index contributed by atoms with van der Waals surface area (Å²) in [5.74, 6) is 0.102. The van der Waals surface area contributed by atoms with Crippen molar-refractivity contribution in [3.63, 3.8) is 0 Å². The molecule has 3 nitrogen and oxygen atoms in total. The molecule has 0 aliphatic carbocycles. The molecule has 1 saturated heterocycles. The maximum Gasteiger partial charge on any atom is 0.126 e. The lowest BCUT2D eigenvalue weighted by Gasteiger charge is -2.30. The summed E-state index contributed by atoms with van der Waals surface area (Å²) >= 11 is 0. The SMILES string of the molecule is Cc1cc(N2CCC(C)C2CO)c([C@H](C)O)cc1F. The predicted molar refractivity (Wildman–Crippen MR) is 73.8 cm³/mol. The first-order valence-corrected chi connectivity index (χ1v) is 6.81. The summed E-state index contributed by atoms with van der Waals surface area (Å²) in [7, 11) is 0. The van der Waals surface area contributed by atoms with E-state index in [9.17, 15) is 14.6 Å². The van der Waals surface area contributed by atoms with Gasteiger partial charge in [0.15, 0.2) is 0 Å². The van der Waals surface area contributed by atoms with Crippen LogP contribution in [0.5, 0.6) is 0 Å². The van der Waals surface area contributed by atoms with Crippen LogP contribution < -0.4 is 4.90 Å². The second kappa shape index (κ2) is 5.47. The molecule has 0 bridgehead atoms. The lowest BCUT2D eigenvalue weighted by molar-refractivity contribution is 0.198. The van der Waals surface area contributed by atoms with Crippen LogP contribution in [0.2, 0.25) is 0 Å². The molecule has 0 aromatic heterocycles. The minimum Gasteiger partial charge on any atom is -0.394 e. The minimum atomic E-state index is -0.722. The van der Waals surface area contributed by atoms with E-state index in [0.29, 0.717) is 17.0 Å². The molecule has 0 amide bonds. The third kappa shape index (κ3) is 2.60. The first kappa shape index (κ1) is 14.3. The highest BCUT2D eigenvalue weighted by molar-refractivity contribution is 5.58. The maximum atomic E-state index is 13.7. The fraction of sp³-hybridized carbons (Fsp3) is 0.600. The third-order valence-corrected chi connectivity index (χ3v) is 4.14. The molecule has 2 unspecified atom stereocenters. The van der Waals surface area contributed by atoms with Crippen LogP contribution in [-0.2, 0) is 0 Å². The average Bonchev–Trinajstić information content (AvgIpc) is 2.72. The summed E-state index contributed by atoms with van der Waals surface area (Å²) < 4.78 is 13.7. The largest absolute Gasteiger partial charge is 0.394 e. The Bertz CT molecular complexity index is 462. The summed E-state index contributed by atoms with van der Waals surface area (Å²) in [6.45, 7) is 6.38. The number of rotatable bonds is 3. The molecule has 1 aromatic carbocycles. The monoisotopic (exact) mass is 267 g/mol. The second-order valence-corrected chi connectivity index (χ2v) is 5.55. The summed E-state index contributed by atoms with van der Waals surface area (Å²) in [6.07, 6.45) is 0.279. The molecule has 3 atom stereocenters. The lowest BCUT2D eigenvalue weighted by Crippen LogP contribution is -2.36. The number of hydrogen-bond donors (Lipinski definition) is 2. The van der Waals surface area contributed by atoms with Crippen molar-refractivity contribution < 1.29 is 14.6 Å². The summed E-state index contributed by atoms with van der Waals surface area (Å²) in [4.78, 5) is 2.10.